The van der Waals surface area contributed by atoms with Crippen LogP contribution in [0, 0.1) is 0 Å². The molecule has 0 atom stereocenters. The minimum absolute atomic E-state index is 0.0565. The van der Waals surface area contributed by atoms with Crippen molar-refractivity contribution in [3.8, 4) is 0 Å². The van der Waals surface area contributed by atoms with Crippen LogP contribution in [0.2, 0.25) is 0 Å². The molecule has 0 bridgehead atoms. The summed E-state index contributed by atoms with van der Waals surface area (Å²) < 4.78 is 38.2. The molecule has 1 fully saturated rings. The fourth-order valence-corrected chi connectivity index (χ4v) is 3.91. The van der Waals surface area contributed by atoms with Crippen molar-refractivity contribution in [1.29, 1.82) is 0 Å². The molecule has 3 nitrogen and oxygen atoms in total. The summed E-state index contributed by atoms with van der Waals surface area (Å²) in [5.41, 5.74) is 1.23. The molecule has 0 spiro atoms. The number of anilines is 1. The Morgan fingerprint density at radius 2 is 1.78 bits per heavy atom. The number of hydrogen-bond donors (Lipinski definition) is 2. The van der Waals surface area contributed by atoms with Gasteiger partial charge in [0.1, 0.15) is 6.54 Å². The second kappa shape index (κ2) is 8.80. The van der Waals surface area contributed by atoms with Gasteiger partial charge in [-0.25, -0.2) is 0 Å². The average molecular weight is 395 g/mol. The van der Waals surface area contributed by atoms with Crippen molar-refractivity contribution in [1.82, 2.24) is 0 Å². The van der Waals surface area contributed by atoms with Gasteiger partial charge in [-0.15, -0.1) is 11.8 Å². The van der Waals surface area contributed by atoms with Gasteiger partial charge in [-0.3, -0.25) is 4.79 Å². The van der Waals surface area contributed by atoms with Gasteiger partial charge in [0.05, 0.1) is 24.4 Å². The van der Waals surface area contributed by atoms with Gasteiger partial charge < -0.3 is 10.2 Å². The van der Waals surface area contributed by atoms with E-state index in [4.69, 9.17) is 0 Å². The predicted octanol–water partition coefficient (Wildman–Crippen LogP) is 3.61. The van der Waals surface area contributed by atoms with Crippen molar-refractivity contribution >= 4 is 23.4 Å². The molecular formula is C20H22F3N2OS+. The van der Waals surface area contributed by atoms with E-state index in [1.807, 2.05) is 24.3 Å². The molecule has 0 unspecified atom stereocenters. The second-order valence-corrected chi connectivity index (χ2v) is 7.74. The quantitative estimate of drug-likeness (QED) is 0.733. The maximum atomic E-state index is 12.7. The summed E-state index contributed by atoms with van der Waals surface area (Å²) in [4.78, 5) is 14.1. The molecule has 27 heavy (non-hydrogen) atoms. The number of quaternary nitrogens is 1. The highest BCUT2D eigenvalue weighted by Crippen LogP contribution is 2.31. The summed E-state index contributed by atoms with van der Waals surface area (Å²) in [7, 11) is 0. The Bertz CT molecular complexity index is 772. The Morgan fingerprint density at radius 1 is 1.07 bits per heavy atom. The van der Waals surface area contributed by atoms with Crippen molar-refractivity contribution < 1.29 is 22.9 Å². The monoisotopic (exact) mass is 395 g/mol. The van der Waals surface area contributed by atoms with Gasteiger partial charge in [-0.1, -0.05) is 18.2 Å². The molecule has 7 heteroatoms. The van der Waals surface area contributed by atoms with E-state index in [1.54, 1.807) is 11.0 Å². The van der Waals surface area contributed by atoms with Gasteiger partial charge in [0.2, 0.25) is 5.91 Å². The molecule has 1 aliphatic rings. The maximum absolute atomic E-state index is 12.7. The van der Waals surface area contributed by atoms with Crippen molar-refractivity contribution in [2.24, 2.45) is 0 Å². The summed E-state index contributed by atoms with van der Waals surface area (Å²) in [6.07, 6.45) is -1.81. The highest BCUT2D eigenvalue weighted by atomic mass is 32.2. The average Bonchev–Trinajstić information content (AvgIpc) is 3.14. The lowest BCUT2D eigenvalue weighted by Crippen LogP contribution is -3.08. The first-order chi connectivity index (χ1) is 12.9. The zero-order valence-corrected chi connectivity index (χ0v) is 15.6. The van der Waals surface area contributed by atoms with Crippen molar-refractivity contribution in [2.75, 3.05) is 24.2 Å². The fourth-order valence-electron chi connectivity index (χ4n) is 3.15. The Labute approximate surface area is 160 Å². The number of rotatable bonds is 6. The Balaban J connectivity index is 1.49. The number of carbonyl (C=O) groups is 1. The number of likely N-dealkylation sites (tertiary alicyclic amines) is 1. The molecular weight excluding hydrogens is 373 g/mol. The molecule has 0 aromatic heterocycles. The lowest BCUT2D eigenvalue weighted by Gasteiger charge is -2.12. The molecule has 3 rings (SSSR count). The van der Waals surface area contributed by atoms with E-state index >= 15 is 0 Å². The first-order valence-electron chi connectivity index (χ1n) is 8.92. The Morgan fingerprint density at radius 3 is 2.44 bits per heavy atom. The smallest absolute Gasteiger partial charge is 0.331 e. The van der Waals surface area contributed by atoms with Gasteiger partial charge in [0, 0.05) is 29.0 Å². The molecule has 144 valence electrons. The fraction of sp³-hybridized carbons (Fsp3) is 0.350. The molecule has 2 aromatic rings. The van der Waals surface area contributed by atoms with Crippen LogP contribution in [-0.2, 0) is 17.5 Å². The van der Waals surface area contributed by atoms with E-state index < -0.39 is 11.7 Å². The molecule has 0 radical (unpaired) electrons. The summed E-state index contributed by atoms with van der Waals surface area (Å²) in [6.45, 7) is 3.43. The third-order valence-corrected chi connectivity index (χ3v) is 5.53. The number of thioether (sulfide) groups is 1. The van der Waals surface area contributed by atoms with E-state index in [9.17, 15) is 18.0 Å². The van der Waals surface area contributed by atoms with Crippen LogP contribution >= 0.6 is 11.8 Å². The number of nitrogens with one attached hydrogen (secondary N) is 2. The van der Waals surface area contributed by atoms with Crippen molar-refractivity contribution in [3.63, 3.8) is 0 Å². The normalized spacial score (nSPS) is 15.1. The highest BCUT2D eigenvalue weighted by Gasteiger charge is 2.30. The van der Waals surface area contributed by atoms with Crippen LogP contribution in [0.5, 0.6) is 0 Å². The Hall–Kier alpha value is -1.99. The molecule has 0 saturated carbocycles. The first-order valence-corrected chi connectivity index (χ1v) is 9.91. The molecule has 2 aromatic carbocycles. The predicted molar refractivity (Wildman–Crippen MR) is 101 cm³/mol. The minimum Gasteiger partial charge on any atom is -0.331 e. The Kier molecular flexibility index (Phi) is 6.44. The number of halogens is 3. The molecule has 1 aliphatic heterocycles. The second-order valence-electron chi connectivity index (χ2n) is 6.69. The van der Waals surface area contributed by atoms with E-state index in [1.165, 1.54) is 37.6 Å². The van der Waals surface area contributed by atoms with Crippen molar-refractivity contribution in [3.05, 3.63) is 59.7 Å². The number of benzene rings is 2. The van der Waals surface area contributed by atoms with Gasteiger partial charge >= 0.3 is 6.18 Å². The summed E-state index contributed by atoms with van der Waals surface area (Å²) in [6, 6.07) is 12.8. The van der Waals surface area contributed by atoms with Crippen LogP contribution < -0.4 is 10.2 Å². The van der Waals surface area contributed by atoms with Crippen LogP contribution in [0.25, 0.3) is 0 Å². The van der Waals surface area contributed by atoms with Gasteiger partial charge in [-0.2, -0.15) is 13.2 Å². The zero-order valence-electron chi connectivity index (χ0n) is 14.8. The minimum atomic E-state index is -4.38. The van der Waals surface area contributed by atoms with Crippen LogP contribution in [0.4, 0.5) is 18.9 Å². The first kappa shape index (κ1) is 19.8. The zero-order chi connectivity index (χ0) is 19.3. The molecule has 2 N–H and O–H groups in total. The summed E-state index contributed by atoms with van der Waals surface area (Å²) >= 11 is 1.09. The number of hydrogen-bond acceptors (Lipinski definition) is 2. The summed E-state index contributed by atoms with van der Waals surface area (Å²) in [5.74, 6) is -0.184. The van der Waals surface area contributed by atoms with E-state index in [0.29, 0.717) is 10.6 Å². The third kappa shape index (κ3) is 6.01. The molecule has 0 aliphatic carbocycles. The SMILES string of the molecule is O=C(CSc1cccc(C(F)(F)F)c1)Nc1ccc(C[NH+]2CCCC2)cc1. The highest BCUT2D eigenvalue weighted by molar-refractivity contribution is 8.00. The lowest BCUT2D eigenvalue weighted by atomic mass is 10.2. The molecule has 1 amide bonds. The lowest BCUT2D eigenvalue weighted by molar-refractivity contribution is -0.901. The number of amides is 1. The van der Waals surface area contributed by atoms with Gasteiger partial charge in [-0.05, 0) is 30.3 Å². The largest absolute Gasteiger partial charge is 0.416 e. The van der Waals surface area contributed by atoms with E-state index in [-0.39, 0.29) is 11.7 Å². The van der Waals surface area contributed by atoms with Crippen molar-refractivity contribution in [2.45, 2.75) is 30.5 Å². The number of alkyl halides is 3. The van der Waals surface area contributed by atoms with Crippen LogP contribution in [-0.4, -0.2) is 24.7 Å². The third-order valence-electron chi connectivity index (χ3n) is 4.53. The van der Waals surface area contributed by atoms with Crippen LogP contribution in [0.1, 0.15) is 24.0 Å². The topological polar surface area (TPSA) is 33.5 Å². The maximum Gasteiger partial charge on any atom is 0.416 e. The van der Waals surface area contributed by atoms with Gasteiger partial charge in [0.25, 0.3) is 0 Å². The van der Waals surface area contributed by atoms with Gasteiger partial charge in [0.15, 0.2) is 0 Å². The van der Waals surface area contributed by atoms with Crippen LogP contribution in [0.15, 0.2) is 53.4 Å². The molecule has 1 heterocycles. The summed E-state index contributed by atoms with van der Waals surface area (Å²) in [5, 5.41) is 2.79. The number of carbonyl (C=O) groups excluding carboxylic acids is 1. The molecule has 1 saturated heterocycles. The van der Waals surface area contributed by atoms with Crippen LogP contribution in [0.3, 0.4) is 0 Å². The van der Waals surface area contributed by atoms with E-state index in [0.717, 1.165) is 30.4 Å². The van der Waals surface area contributed by atoms with E-state index in [2.05, 4.69) is 5.32 Å². The standard InChI is InChI=1S/C20H21F3N2OS/c21-20(22,23)16-4-3-5-18(12-16)27-14-19(26)24-17-8-6-15(7-9-17)13-25-10-1-2-11-25/h3-9,12H,1-2,10-11,13-14H2,(H,24,26)/p+1.